The molecular formula is C13H14N4O. The quantitative estimate of drug-likeness (QED) is 0.715. The molecule has 2 heterocycles. The first kappa shape index (κ1) is 10.8. The lowest BCUT2D eigenvalue weighted by Crippen LogP contribution is -2.39. The second-order valence-electron chi connectivity index (χ2n) is 4.46. The lowest BCUT2D eigenvalue weighted by Gasteiger charge is -2.28. The van der Waals surface area contributed by atoms with Crippen LogP contribution in [0.3, 0.4) is 0 Å². The number of aryl methyl sites for hydroxylation is 2. The molecule has 3 N–H and O–H groups in total. The molecular weight excluding hydrogens is 228 g/mol. The van der Waals surface area contributed by atoms with Crippen molar-refractivity contribution in [3.05, 3.63) is 47.0 Å². The molecule has 1 unspecified atom stereocenters. The summed E-state index contributed by atoms with van der Waals surface area (Å²) in [6.45, 7) is 3.86. The fourth-order valence-corrected chi connectivity index (χ4v) is 2.28. The van der Waals surface area contributed by atoms with Gasteiger partial charge in [0, 0.05) is 11.4 Å². The van der Waals surface area contributed by atoms with Gasteiger partial charge in [-0.1, -0.05) is 12.1 Å². The van der Waals surface area contributed by atoms with E-state index in [9.17, 15) is 4.79 Å². The van der Waals surface area contributed by atoms with Crippen LogP contribution in [0.15, 0.2) is 24.5 Å². The van der Waals surface area contributed by atoms with Crippen LogP contribution in [0.1, 0.15) is 33.5 Å². The van der Waals surface area contributed by atoms with Crippen LogP contribution < -0.4 is 10.6 Å². The number of nitrogens with zero attached hydrogens (tertiary/aromatic N) is 1. The van der Waals surface area contributed by atoms with Crippen LogP contribution in [0, 0.1) is 13.8 Å². The molecule has 0 saturated carbocycles. The van der Waals surface area contributed by atoms with E-state index < -0.39 is 0 Å². The van der Waals surface area contributed by atoms with Gasteiger partial charge >= 0.3 is 0 Å². The third kappa shape index (κ3) is 1.55. The number of hydrogen-bond acceptors (Lipinski definition) is 3. The molecule has 1 atom stereocenters. The van der Waals surface area contributed by atoms with Crippen LogP contribution >= 0.6 is 0 Å². The summed E-state index contributed by atoms with van der Waals surface area (Å²) in [7, 11) is 0. The Morgan fingerprint density at radius 1 is 1.22 bits per heavy atom. The minimum Gasteiger partial charge on any atom is -0.360 e. The van der Waals surface area contributed by atoms with Crippen molar-refractivity contribution in [2.75, 3.05) is 5.32 Å². The Bertz CT molecular complexity index is 617. The number of hydrogen-bond donors (Lipinski definition) is 3. The van der Waals surface area contributed by atoms with E-state index in [-0.39, 0.29) is 12.1 Å². The summed E-state index contributed by atoms with van der Waals surface area (Å²) in [4.78, 5) is 19.4. The van der Waals surface area contributed by atoms with Crippen molar-refractivity contribution in [2.24, 2.45) is 0 Å². The minimum atomic E-state index is -0.280. The molecule has 1 amide bonds. The molecule has 1 aliphatic rings. The second kappa shape index (κ2) is 3.87. The van der Waals surface area contributed by atoms with Crippen molar-refractivity contribution < 1.29 is 4.79 Å². The van der Waals surface area contributed by atoms with Gasteiger partial charge in [-0.25, -0.2) is 4.98 Å². The summed E-state index contributed by atoms with van der Waals surface area (Å²) in [5.74, 6) is -0.0609. The highest BCUT2D eigenvalue weighted by molar-refractivity contribution is 6.03. The van der Waals surface area contributed by atoms with Gasteiger partial charge in [-0.05, 0) is 25.5 Å². The molecule has 1 aliphatic heterocycles. The van der Waals surface area contributed by atoms with E-state index in [0.717, 1.165) is 22.6 Å². The van der Waals surface area contributed by atoms with E-state index in [1.807, 2.05) is 32.0 Å². The maximum absolute atomic E-state index is 12.1. The average Bonchev–Trinajstić information content (AvgIpc) is 2.75. The largest absolute Gasteiger partial charge is 0.360 e. The number of aromatic amines is 1. The summed E-state index contributed by atoms with van der Waals surface area (Å²) in [6.07, 6.45) is 1.35. The molecule has 1 aromatic carbocycles. The summed E-state index contributed by atoms with van der Waals surface area (Å²) < 4.78 is 0. The summed E-state index contributed by atoms with van der Waals surface area (Å²) in [6, 6.07) is 5.78. The third-order valence-electron chi connectivity index (χ3n) is 3.22. The van der Waals surface area contributed by atoms with Crippen molar-refractivity contribution in [3.63, 3.8) is 0 Å². The summed E-state index contributed by atoms with van der Waals surface area (Å²) >= 11 is 0. The Labute approximate surface area is 105 Å². The van der Waals surface area contributed by atoms with Crippen molar-refractivity contribution in [1.29, 1.82) is 0 Å². The number of anilines is 1. The number of rotatable bonds is 1. The van der Waals surface area contributed by atoms with Gasteiger partial charge in [0.25, 0.3) is 5.91 Å². The first-order chi connectivity index (χ1) is 8.66. The molecule has 3 rings (SSSR count). The molecule has 0 bridgehead atoms. The molecule has 1 aromatic heterocycles. The lowest BCUT2D eigenvalue weighted by atomic mass is 10.0. The molecule has 0 spiro atoms. The Hall–Kier alpha value is -2.30. The number of carbonyl (C=O) groups is 1. The van der Waals surface area contributed by atoms with Gasteiger partial charge in [-0.3, -0.25) is 4.79 Å². The zero-order chi connectivity index (χ0) is 12.7. The molecule has 5 heteroatoms. The zero-order valence-corrected chi connectivity index (χ0v) is 10.2. The Morgan fingerprint density at radius 3 is 2.78 bits per heavy atom. The van der Waals surface area contributed by atoms with Gasteiger partial charge in [0.1, 0.15) is 11.9 Å². The van der Waals surface area contributed by atoms with Crippen molar-refractivity contribution in [1.82, 2.24) is 15.3 Å². The normalized spacial score (nSPS) is 17.9. The third-order valence-corrected chi connectivity index (χ3v) is 3.22. The Balaban J connectivity index is 2.02. The van der Waals surface area contributed by atoms with Crippen LogP contribution in [0.5, 0.6) is 0 Å². The number of amides is 1. The number of carbonyl (C=O) groups excluding carboxylic acids is 1. The molecule has 2 aromatic rings. The first-order valence-corrected chi connectivity index (χ1v) is 5.83. The van der Waals surface area contributed by atoms with Crippen LogP contribution in [-0.2, 0) is 0 Å². The number of fused-ring (bicyclic) bond motifs is 1. The van der Waals surface area contributed by atoms with Gasteiger partial charge < -0.3 is 15.6 Å². The van der Waals surface area contributed by atoms with E-state index in [2.05, 4.69) is 20.6 Å². The monoisotopic (exact) mass is 242 g/mol. The van der Waals surface area contributed by atoms with Gasteiger partial charge in [0.05, 0.1) is 11.9 Å². The number of nitrogens with one attached hydrogen (secondary N) is 3. The van der Waals surface area contributed by atoms with E-state index >= 15 is 0 Å². The van der Waals surface area contributed by atoms with E-state index in [4.69, 9.17) is 0 Å². The maximum atomic E-state index is 12.1. The van der Waals surface area contributed by atoms with Crippen molar-refractivity contribution in [2.45, 2.75) is 20.0 Å². The SMILES string of the molecule is Cc1cccc2c1C(=O)NC(c1nc[nH]c1C)N2. The zero-order valence-electron chi connectivity index (χ0n) is 10.2. The number of H-pyrrole nitrogens is 1. The van der Waals surface area contributed by atoms with Crippen molar-refractivity contribution in [3.8, 4) is 0 Å². The van der Waals surface area contributed by atoms with Crippen LogP contribution in [0.4, 0.5) is 5.69 Å². The summed E-state index contributed by atoms with van der Waals surface area (Å²) in [5.41, 5.74) is 4.29. The highest BCUT2D eigenvalue weighted by Crippen LogP contribution is 2.28. The number of aromatic nitrogens is 2. The average molecular weight is 242 g/mol. The van der Waals surface area contributed by atoms with Gasteiger partial charge in [-0.15, -0.1) is 0 Å². The topological polar surface area (TPSA) is 69.8 Å². The minimum absolute atomic E-state index is 0.0609. The first-order valence-electron chi connectivity index (χ1n) is 5.83. The van der Waals surface area contributed by atoms with E-state index in [0.29, 0.717) is 5.56 Å². The van der Waals surface area contributed by atoms with E-state index in [1.54, 1.807) is 6.33 Å². The maximum Gasteiger partial charge on any atom is 0.255 e. The molecule has 0 fully saturated rings. The van der Waals surface area contributed by atoms with Crippen LogP contribution in [0.2, 0.25) is 0 Å². The fraction of sp³-hybridized carbons (Fsp3) is 0.231. The standard InChI is InChI=1S/C13H14N4O/c1-7-4-3-5-9-10(7)13(18)17-12(16-9)11-8(2)14-6-15-11/h3-6,12,16H,1-2H3,(H,14,15)(H,17,18). The van der Waals surface area contributed by atoms with Crippen LogP contribution in [-0.4, -0.2) is 15.9 Å². The van der Waals surface area contributed by atoms with Gasteiger partial charge in [-0.2, -0.15) is 0 Å². The molecule has 18 heavy (non-hydrogen) atoms. The Morgan fingerprint density at radius 2 is 2.06 bits per heavy atom. The Kier molecular flexibility index (Phi) is 2.33. The molecule has 5 nitrogen and oxygen atoms in total. The molecule has 92 valence electrons. The highest BCUT2D eigenvalue weighted by Gasteiger charge is 2.27. The smallest absolute Gasteiger partial charge is 0.255 e. The lowest BCUT2D eigenvalue weighted by molar-refractivity contribution is 0.0934. The fourth-order valence-electron chi connectivity index (χ4n) is 2.28. The number of benzene rings is 1. The predicted molar refractivity (Wildman–Crippen MR) is 68.3 cm³/mol. The molecule has 0 saturated heterocycles. The van der Waals surface area contributed by atoms with Crippen LogP contribution in [0.25, 0.3) is 0 Å². The highest BCUT2D eigenvalue weighted by atomic mass is 16.2. The molecule has 0 radical (unpaired) electrons. The van der Waals surface area contributed by atoms with Crippen molar-refractivity contribution >= 4 is 11.6 Å². The van der Waals surface area contributed by atoms with E-state index in [1.165, 1.54) is 0 Å². The van der Waals surface area contributed by atoms with Gasteiger partial charge in [0.15, 0.2) is 0 Å². The number of imidazole rings is 1. The molecule has 0 aliphatic carbocycles. The summed E-state index contributed by atoms with van der Waals surface area (Å²) in [5, 5.41) is 6.22. The van der Waals surface area contributed by atoms with Gasteiger partial charge in [0.2, 0.25) is 0 Å². The predicted octanol–water partition coefficient (Wildman–Crippen LogP) is 1.88. The second-order valence-corrected chi connectivity index (χ2v) is 4.46.